The van der Waals surface area contributed by atoms with Crippen molar-refractivity contribution in [1.29, 1.82) is 0 Å². The summed E-state index contributed by atoms with van der Waals surface area (Å²) in [5, 5.41) is 3.41. The summed E-state index contributed by atoms with van der Waals surface area (Å²) in [4.78, 5) is 17.3. The molecule has 2 aromatic heterocycles. The van der Waals surface area contributed by atoms with Gasteiger partial charge in [0.15, 0.2) is 9.84 Å². The molecule has 0 saturated carbocycles. The Morgan fingerprint density at radius 2 is 1.85 bits per heavy atom. The minimum absolute atomic E-state index is 0.185. The minimum atomic E-state index is -3.32. The summed E-state index contributed by atoms with van der Waals surface area (Å²) >= 11 is 0. The number of methoxy groups -OCH3 is 1. The number of rotatable bonds is 7. The SMILES string of the molecule is COCc1cc2c(Oc3ccc(S(C)(=O)=O)cc3)cc(C(=O)Nc3ccc(C)cn3)cc2o1. The molecule has 0 saturated heterocycles. The third-order valence-corrected chi connectivity index (χ3v) is 5.96. The molecule has 0 fully saturated rings. The predicted molar refractivity (Wildman–Crippen MR) is 123 cm³/mol. The molecular formula is C24H22N2O6S. The molecule has 0 atom stereocenters. The molecule has 2 aromatic carbocycles. The van der Waals surface area contributed by atoms with E-state index < -0.39 is 9.84 Å². The maximum atomic E-state index is 12.9. The van der Waals surface area contributed by atoms with E-state index in [-0.39, 0.29) is 17.4 Å². The highest BCUT2D eigenvalue weighted by molar-refractivity contribution is 7.90. The van der Waals surface area contributed by atoms with E-state index in [9.17, 15) is 13.2 Å². The lowest BCUT2D eigenvalue weighted by Crippen LogP contribution is -2.13. The predicted octanol–water partition coefficient (Wildman–Crippen LogP) is 4.73. The molecule has 4 rings (SSSR count). The zero-order chi connectivity index (χ0) is 23.6. The van der Waals surface area contributed by atoms with Crippen molar-refractivity contribution in [2.45, 2.75) is 18.4 Å². The first-order valence-corrected chi connectivity index (χ1v) is 11.9. The van der Waals surface area contributed by atoms with Gasteiger partial charge in [0.05, 0.1) is 10.3 Å². The standard InChI is InChI=1S/C24H22N2O6S/c1-15-4-9-23(25-13-15)26-24(27)16-10-21(20-12-18(14-30-2)32-22(20)11-16)31-17-5-7-19(8-6-17)33(3,28)29/h4-13H,14H2,1-3H3,(H,25,26,27). The van der Waals surface area contributed by atoms with Gasteiger partial charge in [-0.05, 0) is 61.0 Å². The molecule has 0 bridgehead atoms. The topological polar surface area (TPSA) is 108 Å². The number of nitrogens with one attached hydrogen (secondary N) is 1. The van der Waals surface area contributed by atoms with Gasteiger partial charge in [0.1, 0.15) is 35.3 Å². The normalized spacial score (nSPS) is 11.5. The van der Waals surface area contributed by atoms with Gasteiger partial charge in [0.2, 0.25) is 0 Å². The number of carbonyl (C=O) groups is 1. The van der Waals surface area contributed by atoms with Crippen LogP contribution >= 0.6 is 0 Å². The number of carbonyl (C=O) groups excluding carboxylic acids is 1. The van der Waals surface area contributed by atoms with Crippen molar-refractivity contribution < 1.29 is 27.1 Å². The van der Waals surface area contributed by atoms with Crippen molar-refractivity contribution in [2.24, 2.45) is 0 Å². The van der Waals surface area contributed by atoms with Crippen LogP contribution in [0.3, 0.4) is 0 Å². The van der Waals surface area contributed by atoms with Crippen molar-refractivity contribution in [3.8, 4) is 11.5 Å². The molecule has 0 aliphatic carbocycles. The number of furan rings is 1. The Balaban J connectivity index is 1.70. The number of nitrogens with zero attached hydrogens (tertiary/aromatic N) is 1. The number of hydrogen-bond donors (Lipinski definition) is 1. The maximum Gasteiger partial charge on any atom is 0.257 e. The largest absolute Gasteiger partial charge is 0.458 e. The van der Waals surface area contributed by atoms with Crippen molar-refractivity contribution in [1.82, 2.24) is 4.98 Å². The average Bonchev–Trinajstić information content (AvgIpc) is 3.18. The molecule has 0 radical (unpaired) electrons. The van der Waals surface area contributed by atoms with Gasteiger partial charge < -0.3 is 19.2 Å². The van der Waals surface area contributed by atoms with Gasteiger partial charge in [0.25, 0.3) is 5.91 Å². The second kappa shape index (κ2) is 9.05. The number of hydrogen-bond acceptors (Lipinski definition) is 7. The Morgan fingerprint density at radius 3 is 2.48 bits per heavy atom. The summed E-state index contributed by atoms with van der Waals surface area (Å²) < 4.78 is 40.4. The summed E-state index contributed by atoms with van der Waals surface area (Å²) in [7, 11) is -1.77. The van der Waals surface area contributed by atoms with Gasteiger partial charge in [-0.2, -0.15) is 0 Å². The van der Waals surface area contributed by atoms with Gasteiger partial charge in [0, 0.05) is 25.1 Å². The van der Waals surface area contributed by atoms with E-state index in [1.807, 2.05) is 13.0 Å². The Hall–Kier alpha value is -3.69. The third-order valence-electron chi connectivity index (χ3n) is 4.83. The van der Waals surface area contributed by atoms with Gasteiger partial charge in [-0.15, -0.1) is 0 Å². The molecule has 9 heteroatoms. The smallest absolute Gasteiger partial charge is 0.257 e. The minimum Gasteiger partial charge on any atom is -0.458 e. The molecule has 1 N–H and O–H groups in total. The van der Waals surface area contributed by atoms with Crippen LogP contribution in [0, 0.1) is 6.92 Å². The first kappa shape index (κ1) is 22.5. The molecule has 0 unspecified atom stereocenters. The molecule has 4 aromatic rings. The molecule has 2 heterocycles. The number of aromatic nitrogens is 1. The molecule has 0 spiro atoms. The highest BCUT2D eigenvalue weighted by Crippen LogP contribution is 2.34. The number of ether oxygens (including phenoxy) is 2. The molecule has 0 aliphatic rings. The second-order valence-corrected chi connectivity index (χ2v) is 9.57. The van der Waals surface area contributed by atoms with Crippen LogP contribution in [0.1, 0.15) is 21.7 Å². The fraction of sp³-hybridized carbons (Fsp3) is 0.167. The van der Waals surface area contributed by atoms with Crippen molar-refractivity contribution in [2.75, 3.05) is 18.7 Å². The van der Waals surface area contributed by atoms with Crippen molar-refractivity contribution in [3.63, 3.8) is 0 Å². The number of pyridine rings is 1. The zero-order valence-electron chi connectivity index (χ0n) is 18.3. The van der Waals surface area contributed by atoms with Crippen LogP contribution in [0.15, 0.2) is 70.1 Å². The Labute approximate surface area is 191 Å². The molecular weight excluding hydrogens is 444 g/mol. The molecule has 1 amide bonds. The number of anilines is 1. The van der Waals surface area contributed by atoms with Gasteiger partial charge in [-0.1, -0.05) is 6.07 Å². The lowest BCUT2D eigenvalue weighted by molar-refractivity contribution is 0.102. The van der Waals surface area contributed by atoms with E-state index in [1.165, 1.54) is 12.1 Å². The van der Waals surface area contributed by atoms with Crippen LogP contribution < -0.4 is 10.1 Å². The van der Waals surface area contributed by atoms with Gasteiger partial charge in [-0.25, -0.2) is 13.4 Å². The quantitative estimate of drug-likeness (QED) is 0.419. The highest BCUT2D eigenvalue weighted by Gasteiger charge is 2.17. The summed E-state index contributed by atoms with van der Waals surface area (Å²) in [6.45, 7) is 2.17. The Kier molecular flexibility index (Phi) is 6.17. The molecule has 8 nitrogen and oxygen atoms in total. The van der Waals surface area contributed by atoms with Crippen LogP contribution in [0.4, 0.5) is 5.82 Å². The van der Waals surface area contributed by atoms with E-state index >= 15 is 0 Å². The second-order valence-electron chi connectivity index (χ2n) is 7.55. The van der Waals surface area contributed by atoms with Crippen LogP contribution in [-0.2, 0) is 21.2 Å². The number of amides is 1. The average molecular weight is 467 g/mol. The molecule has 0 aliphatic heterocycles. The summed E-state index contributed by atoms with van der Waals surface area (Å²) in [5.74, 6) is 1.41. The summed E-state index contributed by atoms with van der Waals surface area (Å²) in [6.07, 6.45) is 2.80. The van der Waals surface area contributed by atoms with E-state index in [4.69, 9.17) is 13.9 Å². The Morgan fingerprint density at radius 1 is 1.09 bits per heavy atom. The van der Waals surface area contributed by atoms with Gasteiger partial charge >= 0.3 is 0 Å². The van der Waals surface area contributed by atoms with E-state index in [0.717, 1.165) is 11.8 Å². The van der Waals surface area contributed by atoms with Crippen LogP contribution in [0.25, 0.3) is 11.0 Å². The summed E-state index contributed by atoms with van der Waals surface area (Å²) in [6, 6.07) is 14.6. The van der Waals surface area contributed by atoms with Crippen LogP contribution in [0.2, 0.25) is 0 Å². The first-order chi connectivity index (χ1) is 15.7. The zero-order valence-corrected chi connectivity index (χ0v) is 19.1. The van der Waals surface area contributed by atoms with Crippen LogP contribution in [0.5, 0.6) is 11.5 Å². The fourth-order valence-electron chi connectivity index (χ4n) is 3.20. The molecule has 33 heavy (non-hydrogen) atoms. The van der Waals surface area contributed by atoms with Crippen LogP contribution in [-0.4, -0.2) is 32.7 Å². The van der Waals surface area contributed by atoms with Crippen molar-refractivity contribution in [3.05, 3.63) is 77.7 Å². The number of sulfone groups is 1. The number of benzene rings is 2. The first-order valence-electron chi connectivity index (χ1n) is 10.0. The number of aryl methyl sites for hydroxylation is 1. The van der Waals surface area contributed by atoms with E-state index in [0.29, 0.717) is 39.6 Å². The third kappa shape index (κ3) is 5.21. The van der Waals surface area contributed by atoms with E-state index in [2.05, 4.69) is 10.3 Å². The fourth-order valence-corrected chi connectivity index (χ4v) is 3.83. The highest BCUT2D eigenvalue weighted by atomic mass is 32.2. The van der Waals surface area contributed by atoms with E-state index in [1.54, 1.807) is 49.7 Å². The van der Waals surface area contributed by atoms with Gasteiger partial charge in [-0.3, -0.25) is 4.79 Å². The lowest BCUT2D eigenvalue weighted by Gasteiger charge is -2.10. The Bertz CT molecular complexity index is 1410. The number of fused-ring (bicyclic) bond motifs is 1. The monoisotopic (exact) mass is 466 g/mol. The molecule has 170 valence electrons. The lowest BCUT2D eigenvalue weighted by atomic mass is 10.1. The maximum absolute atomic E-state index is 12.9. The van der Waals surface area contributed by atoms with Crippen molar-refractivity contribution >= 4 is 32.5 Å². The summed E-state index contributed by atoms with van der Waals surface area (Å²) in [5.41, 5.74) is 1.74.